The van der Waals surface area contributed by atoms with Crippen LogP contribution in [-0.4, -0.2) is 59.6 Å². The molecule has 24 heavy (non-hydrogen) atoms. The second-order valence-corrected chi connectivity index (χ2v) is 8.08. The Morgan fingerprint density at radius 2 is 1.96 bits per heavy atom. The summed E-state index contributed by atoms with van der Waals surface area (Å²) in [6.07, 6.45) is 1.69. The summed E-state index contributed by atoms with van der Waals surface area (Å²) in [5, 5.41) is 0. The average Bonchev–Trinajstić information content (AvgIpc) is 2.49. The molecule has 0 saturated carbocycles. The summed E-state index contributed by atoms with van der Waals surface area (Å²) < 4.78 is 5.46. The summed E-state index contributed by atoms with van der Waals surface area (Å²) in [4.78, 5) is 28.3. The van der Waals surface area contributed by atoms with Crippen molar-refractivity contribution in [3.8, 4) is 0 Å². The first-order valence-electron chi connectivity index (χ1n) is 9.07. The standard InChI is InChI=1S/C18H35N3O3/c1-7-20(16(22)15(19)13(2)3)11-14-9-8-10-21(12-14)17(23)24-18(4,5)6/h13-15H,7-12,19H2,1-6H3. The third kappa shape index (κ3) is 6.30. The van der Waals surface area contributed by atoms with Crippen molar-refractivity contribution in [1.82, 2.24) is 9.80 Å². The fourth-order valence-electron chi connectivity index (χ4n) is 2.89. The maximum atomic E-state index is 12.5. The Hall–Kier alpha value is -1.30. The summed E-state index contributed by atoms with van der Waals surface area (Å²) in [5.41, 5.74) is 5.52. The van der Waals surface area contributed by atoms with Crippen molar-refractivity contribution in [1.29, 1.82) is 0 Å². The minimum Gasteiger partial charge on any atom is -0.444 e. The summed E-state index contributed by atoms with van der Waals surface area (Å²) >= 11 is 0. The van der Waals surface area contributed by atoms with E-state index < -0.39 is 11.6 Å². The van der Waals surface area contributed by atoms with E-state index in [1.165, 1.54) is 0 Å². The third-order valence-electron chi connectivity index (χ3n) is 4.35. The van der Waals surface area contributed by atoms with Crippen LogP contribution < -0.4 is 5.73 Å². The molecule has 1 heterocycles. The Morgan fingerprint density at radius 3 is 2.46 bits per heavy atom. The maximum Gasteiger partial charge on any atom is 0.410 e. The van der Waals surface area contributed by atoms with E-state index in [1.807, 2.05) is 46.4 Å². The van der Waals surface area contributed by atoms with Gasteiger partial charge in [0.15, 0.2) is 0 Å². The molecule has 0 bridgehead atoms. The van der Waals surface area contributed by atoms with Crippen LogP contribution in [0, 0.1) is 11.8 Å². The van der Waals surface area contributed by atoms with Crippen LogP contribution in [0.4, 0.5) is 4.79 Å². The molecule has 2 unspecified atom stereocenters. The zero-order chi connectivity index (χ0) is 18.5. The van der Waals surface area contributed by atoms with Crippen molar-refractivity contribution in [2.75, 3.05) is 26.2 Å². The predicted octanol–water partition coefficient (Wildman–Crippen LogP) is 2.47. The highest BCUT2D eigenvalue weighted by molar-refractivity contribution is 5.81. The largest absolute Gasteiger partial charge is 0.444 e. The van der Waals surface area contributed by atoms with Crippen LogP contribution in [-0.2, 0) is 9.53 Å². The Labute approximate surface area is 146 Å². The molecular formula is C18H35N3O3. The van der Waals surface area contributed by atoms with Crippen molar-refractivity contribution in [3.05, 3.63) is 0 Å². The van der Waals surface area contributed by atoms with Gasteiger partial charge in [-0.05, 0) is 52.4 Å². The number of rotatable bonds is 5. The second kappa shape index (κ2) is 8.70. The van der Waals surface area contributed by atoms with Gasteiger partial charge in [0.1, 0.15) is 5.60 Å². The van der Waals surface area contributed by atoms with Gasteiger partial charge in [-0.1, -0.05) is 13.8 Å². The molecule has 1 rings (SSSR count). The van der Waals surface area contributed by atoms with Crippen molar-refractivity contribution >= 4 is 12.0 Å². The van der Waals surface area contributed by atoms with Crippen LogP contribution in [0.2, 0.25) is 0 Å². The Bertz CT molecular complexity index is 432. The number of likely N-dealkylation sites (tertiary alicyclic amines) is 1. The lowest BCUT2D eigenvalue weighted by Crippen LogP contribution is -2.50. The number of amides is 2. The summed E-state index contributed by atoms with van der Waals surface area (Å²) in [6.45, 7) is 14.1. The number of hydrogen-bond donors (Lipinski definition) is 1. The molecule has 1 saturated heterocycles. The van der Waals surface area contributed by atoms with Gasteiger partial charge >= 0.3 is 6.09 Å². The minimum absolute atomic E-state index is 0.00175. The molecule has 2 N–H and O–H groups in total. The van der Waals surface area contributed by atoms with Gasteiger partial charge in [-0.3, -0.25) is 4.79 Å². The Morgan fingerprint density at radius 1 is 1.33 bits per heavy atom. The molecule has 1 aliphatic heterocycles. The molecule has 0 aromatic carbocycles. The lowest BCUT2D eigenvalue weighted by molar-refractivity contribution is -0.134. The first-order chi connectivity index (χ1) is 11.0. The van der Waals surface area contributed by atoms with E-state index in [-0.39, 0.29) is 23.8 Å². The van der Waals surface area contributed by atoms with Gasteiger partial charge in [0.2, 0.25) is 5.91 Å². The van der Waals surface area contributed by atoms with Crippen LogP contribution in [0.15, 0.2) is 0 Å². The summed E-state index contributed by atoms with van der Waals surface area (Å²) in [6, 6.07) is -0.463. The number of carbonyl (C=O) groups excluding carboxylic acids is 2. The van der Waals surface area contributed by atoms with Crippen LogP contribution in [0.5, 0.6) is 0 Å². The molecule has 0 spiro atoms. The molecule has 0 aromatic heterocycles. The van der Waals surface area contributed by atoms with Crippen molar-refractivity contribution < 1.29 is 14.3 Å². The number of nitrogens with two attached hydrogens (primary N) is 1. The zero-order valence-electron chi connectivity index (χ0n) is 16.2. The Kier molecular flexibility index (Phi) is 7.52. The van der Waals surface area contributed by atoms with Gasteiger partial charge in [-0.2, -0.15) is 0 Å². The highest BCUT2D eigenvalue weighted by atomic mass is 16.6. The van der Waals surface area contributed by atoms with E-state index in [4.69, 9.17) is 10.5 Å². The molecule has 2 atom stereocenters. The molecule has 6 nitrogen and oxygen atoms in total. The van der Waals surface area contributed by atoms with E-state index in [0.717, 1.165) is 19.4 Å². The fourth-order valence-corrected chi connectivity index (χ4v) is 2.89. The van der Waals surface area contributed by atoms with Crippen LogP contribution in [0.3, 0.4) is 0 Å². The van der Waals surface area contributed by atoms with Gasteiger partial charge < -0.3 is 20.3 Å². The minimum atomic E-state index is -0.487. The smallest absolute Gasteiger partial charge is 0.410 e. The second-order valence-electron chi connectivity index (χ2n) is 8.08. The number of carbonyl (C=O) groups is 2. The van der Waals surface area contributed by atoms with Gasteiger partial charge in [-0.25, -0.2) is 4.79 Å². The first-order valence-corrected chi connectivity index (χ1v) is 9.07. The zero-order valence-corrected chi connectivity index (χ0v) is 16.2. The molecular weight excluding hydrogens is 306 g/mol. The lowest BCUT2D eigenvalue weighted by Gasteiger charge is -2.37. The number of nitrogens with zero attached hydrogens (tertiary/aromatic N) is 2. The molecule has 1 aliphatic rings. The number of piperidine rings is 1. The van der Waals surface area contributed by atoms with Crippen molar-refractivity contribution in [2.45, 2.75) is 66.0 Å². The predicted molar refractivity (Wildman–Crippen MR) is 95.6 cm³/mol. The molecule has 1 fully saturated rings. The van der Waals surface area contributed by atoms with E-state index in [0.29, 0.717) is 19.6 Å². The van der Waals surface area contributed by atoms with Gasteiger partial charge in [0, 0.05) is 26.2 Å². The van der Waals surface area contributed by atoms with E-state index >= 15 is 0 Å². The van der Waals surface area contributed by atoms with Gasteiger partial charge in [0.25, 0.3) is 0 Å². The number of ether oxygens (including phenoxy) is 1. The number of likely N-dealkylation sites (N-methyl/N-ethyl adjacent to an activating group) is 1. The molecule has 6 heteroatoms. The first kappa shape index (κ1) is 20.7. The molecule has 0 radical (unpaired) electrons. The normalized spacial score (nSPS) is 20.0. The third-order valence-corrected chi connectivity index (χ3v) is 4.35. The van der Waals surface area contributed by atoms with Crippen LogP contribution in [0.25, 0.3) is 0 Å². The summed E-state index contributed by atoms with van der Waals surface area (Å²) in [5.74, 6) is 0.396. The maximum absolute atomic E-state index is 12.5. The van der Waals surface area contributed by atoms with Crippen molar-refractivity contribution in [2.24, 2.45) is 17.6 Å². The fraction of sp³-hybridized carbons (Fsp3) is 0.889. The van der Waals surface area contributed by atoms with E-state index in [2.05, 4.69) is 0 Å². The molecule has 0 aliphatic carbocycles. The molecule has 140 valence electrons. The topological polar surface area (TPSA) is 75.9 Å². The number of hydrogen-bond acceptors (Lipinski definition) is 4. The van der Waals surface area contributed by atoms with E-state index in [9.17, 15) is 9.59 Å². The molecule has 0 aromatic rings. The Balaban J connectivity index is 2.63. The monoisotopic (exact) mass is 341 g/mol. The van der Waals surface area contributed by atoms with Gasteiger partial charge in [0.05, 0.1) is 6.04 Å². The lowest BCUT2D eigenvalue weighted by atomic mass is 9.96. The highest BCUT2D eigenvalue weighted by Gasteiger charge is 2.30. The van der Waals surface area contributed by atoms with Crippen molar-refractivity contribution in [3.63, 3.8) is 0 Å². The van der Waals surface area contributed by atoms with E-state index in [1.54, 1.807) is 4.90 Å². The quantitative estimate of drug-likeness (QED) is 0.833. The van der Waals surface area contributed by atoms with Crippen LogP contribution in [0.1, 0.15) is 54.4 Å². The molecule has 2 amide bonds. The SMILES string of the molecule is CCN(CC1CCCN(C(=O)OC(C)(C)C)C1)C(=O)C(N)C(C)C. The summed E-state index contributed by atoms with van der Waals surface area (Å²) in [7, 11) is 0. The average molecular weight is 341 g/mol. The highest BCUT2D eigenvalue weighted by Crippen LogP contribution is 2.21. The van der Waals surface area contributed by atoms with Gasteiger partial charge in [-0.15, -0.1) is 0 Å². The van der Waals surface area contributed by atoms with Crippen LogP contribution >= 0.6 is 0 Å².